The van der Waals surface area contributed by atoms with Crippen molar-refractivity contribution < 1.29 is 0 Å². The molecule has 6 heteroatoms. The highest BCUT2D eigenvalue weighted by molar-refractivity contribution is 5.68. The van der Waals surface area contributed by atoms with Crippen LogP contribution in [0.1, 0.15) is 19.3 Å². The van der Waals surface area contributed by atoms with Crippen LogP contribution < -0.4 is 11.2 Å². The standard InChI is InChI=1S/C12H14N4O2/c1-3-4-5-6-7-16-11(17)9-10(14-12(16)18)13-8-15(9)2/h1,8H,4-7H2,2H3,(H,14,18). The number of nitrogens with zero attached hydrogens (tertiary/aromatic N) is 3. The highest BCUT2D eigenvalue weighted by Crippen LogP contribution is 2.01. The van der Waals surface area contributed by atoms with Crippen LogP contribution in [0.25, 0.3) is 11.2 Å². The van der Waals surface area contributed by atoms with E-state index in [9.17, 15) is 9.59 Å². The number of H-pyrrole nitrogens is 1. The number of aryl methyl sites for hydroxylation is 1. The molecular weight excluding hydrogens is 232 g/mol. The van der Waals surface area contributed by atoms with E-state index in [1.54, 1.807) is 11.6 Å². The lowest BCUT2D eigenvalue weighted by Gasteiger charge is -2.04. The first kappa shape index (κ1) is 12.2. The van der Waals surface area contributed by atoms with Crippen molar-refractivity contribution in [1.82, 2.24) is 19.1 Å². The van der Waals surface area contributed by atoms with Gasteiger partial charge < -0.3 is 4.57 Å². The predicted molar refractivity (Wildman–Crippen MR) is 68.3 cm³/mol. The van der Waals surface area contributed by atoms with Gasteiger partial charge in [-0.15, -0.1) is 12.3 Å². The summed E-state index contributed by atoms with van der Waals surface area (Å²) in [4.78, 5) is 30.4. The monoisotopic (exact) mass is 246 g/mol. The van der Waals surface area contributed by atoms with Gasteiger partial charge in [-0.05, 0) is 12.8 Å². The molecule has 2 aromatic rings. The van der Waals surface area contributed by atoms with Crippen LogP contribution in [0.5, 0.6) is 0 Å². The molecule has 1 N–H and O–H groups in total. The average molecular weight is 246 g/mol. The summed E-state index contributed by atoms with van der Waals surface area (Å²) in [5.74, 6) is 2.53. The largest absolute Gasteiger partial charge is 0.330 e. The van der Waals surface area contributed by atoms with E-state index in [4.69, 9.17) is 6.42 Å². The molecule has 0 fully saturated rings. The first-order valence-corrected chi connectivity index (χ1v) is 5.72. The van der Waals surface area contributed by atoms with Crippen LogP contribution in [-0.2, 0) is 13.6 Å². The van der Waals surface area contributed by atoms with Gasteiger partial charge in [0.1, 0.15) is 0 Å². The quantitative estimate of drug-likeness (QED) is 0.620. The summed E-state index contributed by atoms with van der Waals surface area (Å²) in [5.41, 5.74) is 0.000269. The van der Waals surface area contributed by atoms with E-state index in [2.05, 4.69) is 15.9 Å². The molecule has 0 bridgehead atoms. The molecule has 0 saturated heterocycles. The number of aromatic nitrogens is 4. The van der Waals surface area contributed by atoms with Gasteiger partial charge in [0.25, 0.3) is 5.56 Å². The second kappa shape index (κ2) is 4.92. The number of hydrogen-bond acceptors (Lipinski definition) is 3. The van der Waals surface area contributed by atoms with Crippen molar-refractivity contribution in [2.75, 3.05) is 0 Å². The molecule has 2 rings (SSSR count). The first-order valence-electron chi connectivity index (χ1n) is 5.72. The minimum absolute atomic E-state index is 0.311. The Balaban J connectivity index is 2.39. The first-order chi connectivity index (χ1) is 8.65. The van der Waals surface area contributed by atoms with Gasteiger partial charge in [-0.3, -0.25) is 14.3 Å². The van der Waals surface area contributed by atoms with E-state index in [1.165, 1.54) is 10.9 Å². The van der Waals surface area contributed by atoms with E-state index in [0.717, 1.165) is 6.42 Å². The molecule has 0 amide bonds. The van der Waals surface area contributed by atoms with Crippen molar-refractivity contribution in [2.45, 2.75) is 25.8 Å². The summed E-state index contributed by atoms with van der Waals surface area (Å²) in [7, 11) is 1.72. The maximum Gasteiger partial charge on any atom is 0.330 e. The zero-order chi connectivity index (χ0) is 13.1. The Bertz CT molecular complexity index is 714. The molecule has 0 unspecified atom stereocenters. The fourth-order valence-corrected chi connectivity index (χ4v) is 1.86. The van der Waals surface area contributed by atoms with E-state index >= 15 is 0 Å². The lowest BCUT2D eigenvalue weighted by molar-refractivity contribution is 0.577. The topological polar surface area (TPSA) is 72.7 Å². The number of aromatic amines is 1. The molecule has 0 atom stereocenters. The van der Waals surface area contributed by atoms with E-state index in [1.807, 2.05) is 0 Å². The zero-order valence-electron chi connectivity index (χ0n) is 10.1. The Kier molecular flexibility index (Phi) is 3.33. The molecule has 0 aromatic carbocycles. The number of imidazole rings is 1. The average Bonchev–Trinajstić information content (AvgIpc) is 2.69. The molecular formula is C12H14N4O2. The number of unbranched alkanes of at least 4 members (excludes halogenated alkanes) is 2. The summed E-state index contributed by atoms with van der Waals surface area (Å²) in [6.07, 6.45) is 8.81. The third kappa shape index (κ3) is 2.07. The van der Waals surface area contributed by atoms with Crippen LogP contribution >= 0.6 is 0 Å². The zero-order valence-corrected chi connectivity index (χ0v) is 10.1. The van der Waals surface area contributed by atoms with Gasteiger partial charge in [-0.25, -0.2) is 9.78 Å². The molecule has 94 valence electrons. The highest BCUT2D eigenvalue weighted by Gasteiger charge is 2.10. The molecule has 0 spiro atoms. The van der Waals surface area contributed by atoms with Crippen LogP contribution in [0.3, 0.4) is 0 Å². The van der Waals surface area contributed by atoms with Gasteiger partial charge in [-0.2, -0.15) is 0 Å². The van der Waals surface area contributed by atoms with E-state index in [-0.39, 0.29) is 5.56 Å². The van der Waals surface area contributed by atoms with Crippen LogP contribution in [0.15, 0.2) is 15.9 Å². The number of hydrogen-bond donors (Lipinski definition) is 1. The fourth-order valence-electron chi connectivity index (χ4n) is 1.86. The SMILES string of the molecule is C#CCCCCn1c(=O)[nH]c2ncn(C)c2c1=O. The van der Waals surface area contributed by atoms with Crippen LogP contribution in [0.2, 0.25) is 0 Å². The lowest BCUT2D eigenvalue weighted by Crippen LogP contribution is -2.35. The minimum atomic E-state index is -0.424. The molecule has 0 aliphatic heterocycles. The van der Waals surface area contributed by atoms with E-state index in [0.29, 0.717) is 30.6 Å². The van der Waals surface area contributed by atoms with Crippen molar-refractivity contribution >= 4 is 11.2 Å². The normalized spacial score (nSPS) is 10.7. The Morgan fingerprint density at radius 2 is 2.22 bits per heavy atom. The summed E-state index contributed by atoms with van der Waals surface area (Å²) in [6.45, 7) is 0.372. The second-order valence-corrected chi connectivity index (χ2v) is 4.10. The third-order valence-corrected chi connectivity index (χ3v) is 2.81. The van der Waals surface area contributed by atoms with Crippen molar-refractivity contribution in [2.24, 2.45) is 7.05 Å². The molecule has 0 aliphatic carbocycles. The number of terminal acetylenes is 1. The molecule has 0 radical (unpaired) electrons. The Morgan fingerprint density at radius 3 is 2.94 bits per heavy atom. The molecule has 18 heavy (non-hydrogen) atoms. The lowest BCUT2D eigenvalue weighted by atomic mass is 10.2. The van der Waals surface area contributed by atoms with E-state index < -0.39 is 5.69 Å². The Hall–Kier alpha value is -2.29. The second-order valence-electron chi connectivity index (χ2n) is 4.10. The number of rotatable bonds is 4. The maximum absolute atomic E-state index is 12.1. The smallest absolute Gasteiger partial charge is 0.328 e. The van der Waals surface area contributed by atoms with Gasteiger partial charge in [-0.1, -0.05) is 0 Å². The molecule has 2 heterocycles. The molecule has 0 aliphatic rings. The summed E-state index contributed by atoms with van der Waals surface area (Å²) in [5, 5.41) is 0. The third-order valence-electron chi connectivity index (χ3n) is 2.81. The van der Waals surface area contributed by atoms with Crippen LogP contribution in [-0.4, -0.2) is 19.1 Å². The van der Waals surface area contributed by atoms with Crippen molar-refractivity contribution in [3.05, 3.63) is 27.2 Å². The van der Waals surface area contributed by atoms with Gasteiger partial charge in [0.15, 0.2) is 11.2 Å². The predicted octanol–water partition coefficient (Wildman–Crippen LogP) is 0.227. The van der Waals surface area contributed by atoms with Crippen LogP contribution in [0.4, 0.5) is 0 Å². The number of fused-ring (bicyclic) bond motifs is 1. The molecule has 0 saturated carbocycles. The maximum atomic E-state index is 12.1. The Labute approximate surface area is 103 Å². The summed E-state index contributed by atoms with van der Waals surface area (Å²) >= 11 is 0. The minimum Gasteiger partial charge on any atom is -0.328 e. The summed E-state index contributed by atoms with van der Waals surface area (Å²) in [6, 6.07) is 0. The molecule has 2 aromatic heterocycles. The fraction of sp³-hybridized carbons (Fsp3) is 0.417. The Morgan fingerprint density at radius 1 is 1.44 bits per heavy atom. The van der Waals surface area contributed by atoms with Gasteiger partial charge in [0, 0.05) is 20.0 Å². The number of nitrogens with one attached hydrogen (secondary N) is 1. The van der Waals surface area contributed by atoms with Gasteiger partial charge >= 0.3 is 5.69 Å². The van der Waals surface area contributed by atoms with Crippen molar-refractivity contribution in [3.8, 4) is 12.3 Å². The van der Waals surface area contributed by atoms with Crippen molar-refractivity contribution in [3.63, 3.8) is 0 Å². The van der Waals surface area contributed by atoms with Crippen molar-refractivity contribution in [1.29, 1.82) is 0 Å². The highest BCUT2D eigenvalue weighted by atomic mass is 16.2. The van der Waals surface area contributed by atoms with Crippen LogP contribution in [0, 0.1) is 12.3 Å². The molecule has 6 nitrogen and oxygen atoms in total. The van der Waals surface area contributed by atoms with Gasteiger partial charge in [0.05, 0.1) is 6.33 Å². The summed E-state index contributed by atoms with van der Waals surface area (Å²) < 4.78 is 2.80. The van der Waals surface area contributed by atoms with Gasteiger partial charge in [0.2, 0.25) is 0 Å².